The van der Waals surface area contributed by atoms with Crippen LogP contribution in [0.15, 0.2) is 0 Å². The second kappa shape index (κ2) is 9.35. The molecular weight excluding hydrogens is 232 g/mol. The van der Waals surface area contributed by atoms with Crippen LogP contribution in [-0.2, 0) is 4.79 Å². The quantitative estimate of drug-likeness (QED) is 0.645. The van der Waals surface area contributed by atoms with Crippen molar-refractivity contribution in [3.63, 3.8) is 0 Å². The molecule has 0 saturated heterocycles. The molecule has 0 fully saturated rings. The van der Waals surface area contributed by atoms with Crippen LogP contribution in [0, 0.1) is 16.7 Å². The Balaban J connectivity index is 3.62. The van der Waals surface area contributed by atoms with Gasteiger partial charge in [-0.2, -0.15) is 17.0 Å². The Kier molecular flexibility index (Phi) is 8.97. The van der Waals surface area contributed by atoms with Crippen LogP contribution in [0.25, 0.3) is 0 Å². The SMILES string of the molecule is CCC(C)(C#N)C(=O)NCCCCCCSC. The van der Waals surface area contributed by atoms with Crippen molar-refractivity contribution in [2.24, 2.45) is 5.41 Å². The number of amides is 1. The lowest BCUT2D eigenvalue weighted by Crippen LogP contribution is -2.38. The molecule has 1 N–H and O–H groups in total. The fourth-order valence-electron chi connectivity index (χ4n) is 1.41. The number of rotatable bonds is 9. The highest BCUT2D eigenvalue weighted by Crippen LogP contribution is 2.19. The number of carbonyl (C=O) groups is 1. The summed E-state index contributed by atoms with van der Waals surface area (Å²) in [4.78, 5) is 11.7. The molecule has 0 aliphatic carbocycles. The van der Waals surface area contributed by atoms with Gasteiger partial charge in [-0.1, -0.05) is 19.8 Å². The molecule has 98 valence electrons. The van der Waals surface area contributed by atoms with Gasteiger partial charge in [0.1, 0.15) is 5.41 Å². The van der Waals surface area contributed by atoms with Gasteiger partial charge in [-0.25, -0.2) is 0 Å². The first-order valence-corrected chi connectivity index (χ1v) is 7.68. The highest BCUT2D eigenvalue weighted by molar-refractivity contribution is 7.98. The topological polar surface area (TPSA) is 52.9 Å². The third-order valence-corrected chi connectivity index (χ3v) is 3.71. The van der Waals surface area contributed by atoms with Crippen LogP contribution < -0.4 is 5.32 Å². The van der Waals surface area contributed by atoms with Gasteiger partial charge >= 0.3 is 0 Å². The summed E-state index contributed by atoms with van der Waals surface area (Å²) in [7, 11) is 0. The predicted molar refractivity (Wildman–Crippen MR) is 73.9 cm³/mol. The number of unbranched alkanes of at least 4 members (excludes halogenated alkanes) is 3. The molecule has 1 unspecified atom stereocenters. The highest BCUT2D eigenvalue weighted by atomic mass is 32.2. The summed E-state index contributed by atoms with van der Waals surface area (Å²) in [5.41, 5.74) is -0.862. The van der Waals surface area contributed by atoms with Gasteiger partial charge in [0.15, 0.2) is 0 Å². The Morgan fingerprint density at radius 2 is 2.00 bits per heavy atom. The van der Waals surface area contributed by atoms with Crippen LogP contribution in [0.1, 0.15) is 46.0 Å². The Morgan fingerprint density at radius 3 is 2.53 bits per heavy atom. The van der Waals surface area contributed by atoms with Gasteiger partial charge in [0.2, 0.25) is 5.91 Å². The summed E-state index contributed by atoms with van der Waals surface area (Å²) >= 11 is 1.87. The molecule has 0 aromatic carbocycles. The number of hydrogen-bond donors (Lipinski definition) is 1. The molecule has 0 rings (SSSR count). The molecule has 0 radical (unpaired) electrons. The van der Waals surface area contributed by atoms with Crippen molar-refractivity contribution in [2.75, 3.05) is 18.6 Å². The molecule has 3 nitrogen and oxygen atoms in total. The zero-order valence-corrected chi connectivity index (χ0v) is 12.0. The molecule has 1 amide bonds. The van der Waals surface area contributed by atoms with Gasteiger partial charge < -0.3 is 5.32 Å². The summed E-state index contributed by atoms with van der Waals surface area (Å²) in [5, 5.41) is 11.8. The lowest BCUT2D eigenvalue weighted by molar-refractivity contribution is -0.127. The van der Waals surface area contributed by atoms with E-state index in [-0.39, 0.29) is 5.91 Å². The Bertz CT molecular complexity index is 263. The number of hydrogen-bond acceptors (Lipinski definition) is 3. The third-order valence-electron chi connectivity index (χ3n) is 3.02. The summed E-state index contributed by atoms with van der Waals surface area (Å²) in [5.74, 6) is 1.08. The molecule has 1 atom stereocenters. The molecule has 0 bridgehead atoms. The van der Waals surface area contributed by atoms with Gasteiger partial charge in [-0.05, 0) is 38.2 Å². The van der Waals surface area contributed by atoms with E-state index in [9.17, 15) is 4.79 Å². The van der Waals surface area contributed by atoms with E-state index in [1.807, 2.05) is 18.7 Å². The molecule has 4 heteroatoms. The lowest BCUT2D eigenvalue weighted by atomic mass is 9.88. The Labute approximate surface area is 109 Å². The molecule has 0 saturated carbocycles. The van der Waals surface area contributed by atoms with E-state index in [2.05, 4.69) is 17.6 Å². The number of nitrogens with one attached hydrogen (secondary N) is 1. The maximum absolute atomic E-state index is 11.7. The monoisotopic (exact) mass is 256 g/mol. The van der Waals surface area contributed by atoms with Crippen molar-refractivity contribution in [1.29, 1.82) is 5.26 Å². The van der Waals surface area contributed by atoms with Crippen molar-refractivity contribution in [3.8, 4) is 6.07 Å². The van der Waals surface area contributed by atoms with E-state index < -0.39 is 5.41 Å². The van der Waals surface area contributed by atoms with Crippen molar-refractivity contribution in [1.82, 2.24) is 5.32 Å². The maximum atomic E-state index is 11.7. The van der Waals surface area contributed by atoms with E-state index in [0.717, 1.165) is 12.8 Å². The summed E-state index contributed by atoms with van der Waals surface area (Å²) in [6.45, 7) is 4.25. The lowest BCUT2D eigenvalue weighted by Gasteiger charge is -2.18. The van der Waals surface area contributed by atoms with Gasteiger partial charge in [0.25, 0.3) is 0 Å². The fraction of sp³-hybridized carbons (Fsp3) is 0.846. The fourth-order valence-corrected chi connectivity index (χ4v) is 1.91. The van der Waals surface area contributed by atoms with Gasteiger partial charge in [-0.3, -0.25) is 4.79 Å². The first-order valence-electron chi connectivity index (χ1n) is 6.29. The van der Waals surface area contributed by atoms with Crippen molar-refractivity contribution in [2.45, 2.75) is 46.0 Å². The first-order chi connectivity index (χ1) is 8.10. The smallest absolute Gasteiger partial charge is 0.240 e. The predicted octanol–water partition coefficient (Wildman–Crippen LogP) is 2.97. The maximum Gasteiger partial charge on any atom is 0.240 e. The Morgan fingerprint density at radius 1 is 1.35 bits per heavy atom. The molecule has 0 heterocycles. The normalized spacial score (nSPS) is 13.8. The number of carbonyl (C=O) groups excluding carboxylic acids is 1. The zero-order valence-electron chi connectivity index (χ0n) is 11.2. The highest BCUT2D eigenvalue weighted by Gasteiger charge is 2.30. The minimum absolute atomic E-state index is 0.133. The molecule has 0 aromatic heterocycles. The minimum Gasteiger partial charge on any atom is -0.355 e. The van der Waals surface area contributed by atoms with E-state index in [0.29, 0.717) is 13.0 Å². The van der Waals surface area contributed by atoms with Crippen LogP contribution >= 0.6 is 11.8 Å². The van der Waals surface area contributed by atoms with Crippen LogP contribution in [0.2, 0.25) is 0 Å². The van der Waals surface area contributed by atoms with Crippen LogP contribution in [0.3, 0.4) is 0 Å². The molecule has 0 spiro atoms. The molecule has 17 heavy (non-hydrogen) atoms. The van der Waals surface area contributed by atoms with Crippen molar-refractivity contribution < 1.29 is 4.79 Å². The number of thioether (sulfide) groups is 1. The van der Waals surface area contributed by atoms with Crippen LogP contribution in [0.4, 0.5) is 0 Å². The van der Waals surface area contributed by atoms with Gasteiger partial charge in [-0.15, -0.1) is 0 Å². The average Bonchev–Trinajstić information content (AvgIpc) is 2.36. The first kappa shape index (κ1) is 16.3. The Hall–Kier alpha value is -0.690. The van der Waals surface area contributed by atoms with Gasteiger partial charge in [0.05, 0.1) is 6.07 Å². The number of nitrogens with zero attached hydrogens (tertiary/aromatic N) is 1. The molecule has 0 aromatic rings. The number of nitriles is 1. The molecule has 0 aliphatic heterocycles. The van der Waals surface area contributed by atoms with Crippen molar-refractivity contribution >= 4 is 17.7 Å². The summed E-state index contributed by atoms with van der Waals surface area (Å²) in [6, 6.07) is 2.08. The third kappa shape index (κ3) is 6.58. The average molecular weight is 256 g/mol. The molecule has 0 aliphatic rings. The summed E-state index contributed by atoms with van der Waals surface area (Å²) in [6.07, 6.45) is 7.30. The van der Waals surface area contributed by atoms with E-state index in [4.69, 9.17) is 5.26 Å². The van der Waals surface area contributed by atoms with Gasteiger partial charge in [0, 0.05) is 6.54 Å². The molecular formula is C13H24N2OS. The van der Waals surface area contributed by atoms with Crippen LogP contribution in [0.5, 0.6) is 0 Å². The standard InChI is InChI=1S/C13H24N2OS/c1-4-13(2,11-14)12(16)15-9-7-5-6-8-10-17-3/h4-10H2,1-3H3,(H,15,16). The van der Waals surface area contributed by atoms with E-state index in [1.54, 1.807) is 6.92 Å². The zero-order chi connectivity index (χ0) is 13.1. The van der Waals surface area contributed by atoms with Crippen LogP contribution in [-0.4, -0.2) is 24.5 Å². The van der Waals surface area contributed by atoms with E-state index >= 15 is 0 Å². The minimum atomic E-state index is -0.862. The second-order valence-electron chi connectivity index (χ2n) is 4.46. The largest absolute Gasteiger partial charge is 0.355 e. The van der Waals surface area contributed by atoms with Crippen molar-refractivity contribution in [3.05, 3.63) is 0 Å². The summed E-state index contributed by atoms with van der Waals surface area (Å²) < 4.78 is 0. The van der Waals surface area contributed by atoms with E-state index in [1.165, 1.54) is 18.6 Å². The second-order valence-corrected chi connectivity index (χ2v) is 5.45.